The third-order valence-corrected chi connectivity index (χ3v) is 5.78. The van der Waals surface area contributed by atoms with Crippen molar-refractivity contribution in [3.8, 4) is 23.0 Å². The van der Waals surface area contributed by atoms with Gasteiger partial charge in [-0.1, -0.05) is 11.6 Å². The lowest BCUT2D eigenvalue weighted by Gasteiger charge is -2.11. The summed E-state index contributed by atoms with van der Waals surface area (Å²) in [7, 11) is 3.19. The minimum atomic E-state index is -0.580. The summed E-state index contributed by atoms with van der Waals surface area (Å²) in [6.45, 7) is 1.14. The Hall–Kier alpha value is -3.11. The topological polar surface area (TPSA) is 97.0 Å². The summed E-state index contributed by atoms with van der Waals surface area (Å²) >= 11 is 6.18. The third kappa shape index (κ3) is 2.75. The van der Waals surface area contributed by atoms with E-state index in [1.807, 2.05) is 4.90 Å². The molecule has 1 aliphatic heterocycles. The molecule has 11 heteroatoms. The highest BCUT2D eigenvalue weighted by atomic mass is 35.5. The Morgan fingerprint density at radius 3 is 2.90 bits per heavy atom. The van der Waals surface area contributed by atoms with Crippen molar-refractivity contribution in [3.05, 3.63) is 35.6 Å². The summed E-state index contributed by atoms with van der Waals surface area (Å²) in [6, 6.07) is 1.70. The maximum Gasteiger partial charge on any atom is 0.245 e. The van der Waals surface area contributed by atoms with Gasteiger partial charge >= 0.3 is 0 Å². The number of benzene rings is 1. The second kappa shape index (κ2) is 6.99. The number of nitrogens with zero attached hydrogens (tertiary/aromatic N) is 6. The number of halogens is 2. The van der Waals surface area contributed by atoms with E-state index < -0.39 is 11.9 Å². The van der Waals surface area contributed by atoms with Crippen molar-refractivity contribution >= 4 is 28.5 Å². The number of rotatable bonds is 4. The van der Waals surface area contributed by atoms with Crippen LogP contribution in [0.3, 0.4) is 0 Å². The van der Waals surface area contributed by atoms with Crippen LogP contribution in [0.1, 0.15) is 6.42 Å². The highest BCUT2D eigenvalue weighted by Gasteiger charge is 2.28. The van der Waals surface area contributed by atoms with Crippen LogP contribution < -0.4 is 9.64 Å². The van der Waals surface area contributed by atoms with Crippen molar-refractivity contribution in [3.63, 3.8) is 0 Å². The van der Waals surface area contributed by atoms with E-state index in [4.69, 9.17) is 16.3 Å². The number of aliphatic hydroxyl groups is 1. The molecule has 0 bridgehead atoms. The molecule has 5 rings (SSSR count). The van der Waals surface area contributed by atoms with Crippen LogP contribution in [-0.2, 0) is 7.05 Å². The summed E-state index contributed by atoms with van der Waals surface area (Å²) in [5.74, 6) is 0.607. The average molecular weight is 432 g/mol. The smallest absolute Gasteiger partial charge is 0.245 e. The lowest BCUT2D eigenvalue weighted by Crippen LogP contribution is -2.22. The van der Waals surface area contributed by atoms with E-state index in [0.717, 1.165) is 0 Å². The Morgan fingerprint density at radius 1 is 1.40 bits per heavy atom. The number of hydrogen-bond donors (Lipinski definition) is 2. The number of aromatic amines is 1. The molecular weight excluding hydrogens is 413 g/mol. The molecule has 30 heavy (non-hydrogen) atoms. The minimum absolute atomic E-state index is 0.0846. The third-order valence-electron chi connectivity index (χ3n) is 5.42. The van der Waals surface area contributed by atoms with Gasteiger partial charge in [0.05, 0.1) is 30.7 Å². The van der Waals surface area contributed by atoms with E-state index in [1.165, 1.54) is 7.11 Å². The van der Waals surface area contributed by atoms with E-state index in [0.29, 0.717) is 53.6 Å². The molecule has 4 heterocycles. The molecule has 4 aromatic rings. The fourth-order valence-electron chi connectivity index (χ4n) is 4.00. The van der Waals surface area contributed by atoms with Crippen LogP contribution in [0, 0.1) is 5.82 Å². The Kier molecular flexibility index (Phi) is 4.40. The number of ether oxygens (including phenoxy) is 1. The summed E-state index contributed by atoms with van der Waals surface area (Å²) in [4.78, 5) is 10.7. The van der Waals surface area contributed by atoms with E-state index in [-0.39, 0.29) is 10.8 Å². The normalized spacial score (nSPS) is 16.7. The van der Waals surface area contributed by atoms with Gasteiger partial charge in [0, 0.05) is 37.9 Å². The first-order valence-corrected chi connectivity index (χ1v) is 9.75. The maximum atomic E-state index is 15.2. The molecule has 156 valence electrons. The van der Waals surface area contributed by atoms with Crippen molar-refractivity contribution in [1.82, 2.24) is 29.3 Å². The molecule has 0 aliphatic carbocycles. The predicted molar refractivity (Wildman–Crippen MR) is 110 cm³/mol. The first-order chi connectivity index (χ1) is 14.5. The van der Waals surface area contributed by atoms with E-state index in [1.54, 1.807) is 41.0 Å². The van der Waals surface area contributed by atoms with Gasteiger partial charge in [0.1, 0.15) is 16.5 Å². The number of aryl methyl sites for hydroxylation is 1. The van der Waals surface area contributed by atoms with Crippen LogP contribution in [-0.4, -0.2) is 60.7 Å². The number of methoxy groups -OCH3 is 1. The Balaban J connectivity index is 1.76. The van der Waals surface area contributed by atoms with Crippen molar-refractivity contribution in [2.24, 2.45) is 7.05 Å². The van der Waals surface area contributed by atoms with Crippen molar-refractivity contribution in [2.75, 3.05) is 25.1 Å². The molecule has 1 aromatic carbocycles. The number of imidazole rings is 1. The van der Waals surface area contributed by atoms with Gasteiger partial charge < -0.3 is 23.9 Å². The first-order valence-electron chi connectivity index (χ1n) is 9.38. The molecule has 1 aliphatic rings. The number of hydrogen-bond acceptors (Lipinski definition) is 6. The first kappa shape index (κ1) is 18.9. The number of fused-ring (bicyclic) bond motifs is 1. The molecule has 2 N–H and O–H groups in total. The minimum Gasteiger partial charge on any atom is -0.495 e. The van der Waals surface area contributed by atoms with E-state index in [9.17, 15) is 5.11 Å². The predicted octanol–water partition coefficient (Wildman–Crippen LogP) is 2.52. The second-order valence-electron chi connectivity index (χ2n) is 7.20. The van der Waals surface area contributed by atoms with Gasteiger partial charge in [0.2, 0.25) is 5.95 Å². The molecule has 1 saturated heterocycles. The maximum absolute atomic E-state index is 15.2. The number of nitrogens with one attached hydrogen (secondary N) is 1. The SMILES string of the molecule is COc1cc2c(-n3ccnc3)c(-c3nc(N4CC[C@H](O)C4)n[nH]3)n(C)c2c(F)c1Cl. The molecule has 3 aromatic heterocycles. The molecule has 0 saturated carbocycles. The van der Waals surface area contributed by atoms with Crippen LogP contribution in [0.15, 0.2) is 24.8 Å². The quantitative estimate of drug-likeness (QED) is 0.515. The molecular formula is C19H19ClFN7O2. The van der Waals surface area contributed by atoms with Crippen molar-refractivity contribution in [2.45, 2.75) is 12.5 Å². The Morgan fingerprint density at radius 2 is 2.23 bits per heavy atom. The highest BCUT2D eigenvalue weighted by molar-refractivity contribution is 6.33. The van der Waals surface area contributed by atoms with E-state index >= 15 is 4.39 Å². The van der Waals surface area contributed by atoms with Crippen LogP contribution in [0.2, 0.25) is 5.02 Å². The summed E-state index contributed by atoms with van der Waals surface area (Å²) in [6.07, 6.45) is 5.32. The van der Waals surface area contributed by atoms with Gasteiger partial charge in [-0.25, -0.2) is 9.37 Å². The monoisotopic (exact) mass is 431 g/mol. The van der Waals surface area contributed by atoms with Crippen LogP contribution >= 0.6 is 11.6 Å². The molecule has 1 atom stereocenters. The fourth-order valence-corrected chi connectivity index (χ4v) is 4.22. The Labute approximate surface area is 175 Å². The zero-order chi connectivity index (χ0) is 21.0. The molecule has 0 radical (unpaired) electrons. The van der Waals surface area contributed by atoms with Gasteiger partial charge in [-0.3, -0.25) is 5.10 Å². The number of aromatic nitrogens is 6. The molecule has 0 unspecified atom stereocenters. The molecule has 0 amide bonds. The van der Waals surface area contributed by atoms with Crippen molar-refractivity contribution < 1.29 is 14.2 Å². The second-order valence-corrected chi connectivity index (χ2v) is 7.58. The zero-order valence-electron chi connectivity index (χ0n) is 16.3. The van der Waals surface area contributed by atoms with Gasteiger partial charge in [0.25, 0.3) is 0 Å². The zero-order valence-corrected chi connectivity index (χ0v) is 17.1. The standard InChI is InChI=1S/C19H19ClFN7O2/c1-26-15-11(7-12(30-2)13(20)14(15)21)16(28-6-4-22-9-28)17(26)18-23-19(25-24-18)27-5-3-10(29)8-27/h4,6-7,9-10,29H,3,5,8H2,1-2H3,(H,23,24,25)/t10-/m0/s1. The fraction of sp³-hybridized carbons (Fsp3) is 0.316. The van der Waals surface area contributed by atoms with Crippen LogP contribution in [0.25, 0.3) is 28.1 Å². The number of H-pyrrole nitrogens is 1. The largest absolute Gasteiger partial charge is 0.495 e. The van der Waals surface area contributed by atoms with Gasteiger partial charge in [0.15, 0.2) is 11.6 Å². The molecule has 9 nitrogen and oxygen atoms in total. The highest BCUT2D eigenvalue weighted by Crippen LogP contribution is 2.41. The van der Waals surface area contributed by atoms with Crippen LogP contribution in [0.4, 0.5) is 10.3 Å². The molecule has 0 spiro atoms. The molecule has 1 fully saturated rings. The number of β-amino-alcohol motifs (C(OH)–C–C–N with tert-alkyl or cyclic N) is 1. The number of aliphatic hydroxyl groups excluding tert-OH is 1. The lowest BCUT2D eigenvalue weighted by molar-refractivity contribution is 0.198. The average Bonchev–Trinajstić information content (AvgIpc) is 3.50. The van der Waals surface area contributed by atoms with Gasteiger partial charge in [-0.2, -0.15) is 4.98 Å². The van der Waals surface area contributed by atoms with Crippen LogP contribution in [0.5, 0.6) is 5.75 Å². The summed E-state index contributed by atoms with van der Waals surface area (Å²) < 4.78 is 24.0. The van der Waals surface area contributed by atoms with Crippen molar-refractivity contribution in [1.29, 1.82) is 0 Å². The van der Waals surface area contributed by atoms with Gasteiger partial charge in [-0.15, -0.1) is 5.10 Å². The van der Waals surface area contributed by atoms with E-state index in [2.05, 4.69) is 20.2 Å². The Bertz CT molecular complexity index is 1230. The number of anilines is 1. The summed E-state index contributed by atoms with van der Waals surface area (Å²) in [5.41, 5.74) is 1.60. The lowest BCUT2D eigenvalue weighted by atomic mass is 10.2. The van der Waals surface area contributed by atoms with Gasteiger partial charge in [-0.05, 0) is 12.5 Å². The summed E-state index contributed by atoms with van der Waals surface area (Å²) in [5, 5.41) is 17.6.